The number of halogens is 2. The van der Waals surface area contributed by atoms with Crippen molar-refractivity contribution in [3.8, 4) is 6.07 Å². The van der Waals surface area contributed by atoms with Crippen molar-refractivity contribution < 1.29 is 18.3 Å². The lowest BCUT2D eigenvalue weighted by Crippen LogP contribution is -2.15. The first-order valence-electron chi connectivity index (χ1n) is 5.14. The number of aromatic nitrogens is 1. The molecule has 0 aliphatic rings. The molecular formula is C11H11F2N3O2. The molecule has 2 N–H and O–H groups in total. The molecule has 1 aromatic heterocycles. The van der Waals surface area contributed by atoms with Gasteiger partial charge in [0.2, 0.25) is 0 Å². The summed E-state index contributed by atoms with van der Waals surface area (Å²) in [6.07, 6.45) is -2.91. The van der Waals surface area contributed by atoms with Gasteiger partial charge in [-0.25, -0.2) is 18.6 Å². The second-order valence-corrected chi connectivity index (χ2v) is 3.27. The number of ether oxygens (including phenoxy) is 1. The number of esters is 1. The molecule has 0 amide bonds. The highest BCUT2D eigenvalue weighted by atomic mass is 19.3. The van der Waals surface area contributed by atoms with Gasteiger partial charge >= 0.3 is 5.97 Å². The largest absolute Gasteiger partial charge is 0.461 e. The number of hydrogen-bond acceptors (Lipinski definition) is 5. The molecule has 18 heavy (non-hydrogen) atoms. The Kier molecular flexibility index (Phi) is 4.68. The van der Waals surface area contributed by atoms with Gasteiger partial charge < -0.3 is 10.5 Å². The number of alkyl halides is 2. The van der Waals surface area contributed by atoms with Crippen LogP contribution in [-0.4, -0.2) is 17.6 Å². The van der Waals surface area contributed by atoms with Gasteiger partial charge in [-0.3, -0.25) is 0 Å². The molecule has 1 heterocycles. The van der Waals surface area contributed by atoms with Gasteiger partial charge in [-0.1, -0.05) is 0 Å². The molecule has 5 nitrogen and oxygen atoms in total. The Morgan fingerprint density at radius 1 is 1.67 bits per heavy atom. The predicted molar refractivity (Wildman–Crippen MR) is 57.8 cm³/mol. The van der Waals surface area contributed by atoms with Gasteiger partial charge in [0.05, 0.1) is 12.2 Å². The first-order chi connectivity index (χ1) is 8.54. The smallest absolute Gasteiger partial charge is 0.357 e. The number of rotatable bonds is 4. The van der Waals surface area contributed by atoms with Gasteiger partial charge in [0.1, 0.15) is 11.8 Å². The third-order valence-corrected chi connectivity index (χ3v) is 2.17. The van der Waals surface area contributed by atoms with Crippen molar-refractivity contribution in [3.63, 3.8) is 0 Å². The van der Waals surface area contributed by atoms with E-state index < -0.39 is 23.7 Å². The molecule has 0 radical (unpaired) electrons. The first-order valence-corrected chi connectivity index (χ1v) is 5.14. The van der Waals surface area contributed by atoms with Crippen LogP contribution in [0.2, 0.25) is 0 Å². The molecular weight excluding hydrogens is 244 g/mol. The van der Waals surface area contributed by atoms with Crippen molar-refractivity contribution in [2.24, 2.45) is 5.73 Å². The van der Waals surface area contributed by atoms with Crippen molar-refractivity contribution >= 4 is 5.97 Å². The van der Waals surface area contributed by atoms with E-state index in [2.05, 4.69) is 9.72 Å². The fourth-order valence-corrected chi connectivity index (χ4v) is 1.43. The van der Waals surface area contributed by atoms with Gasteiger partial charge in [-0.15, -0.1) is 0 Å². The quantitative estimate of drug-likeness (QED) is 0.824. The molecule has 7 heteroatoms. The summed E-state index contributed by atoms with van der Waals surface area (Å²) >= 11 is 0. The molecule has 1 aromatic rings. The highest BCUT2D eigenvalue weighted by molar-refractivity contribution is 5.89. The van der Waals surface area contributed by atoms with Crippen LogP contribution in [0.1, 0.15) is 40.7 Å². The highest BCUT2D eigenvalue weighted by Crippen LogP contribution is 2.27. The van der Waals surface area contributed by atoms with E-state index in [1.165, 1.54) is 6.92 Å². The van der Waals surface area contributed by atoms with Crippen molar-refractivity contribution in [1.29, 1.82) is 5.26 Å². The van der Waals surface area contributed by atoms with E-state index in [0.29, 0.717) is 0 Å². The van der Waals surface area contributed by atoms with Crippen LogP contribution in [0.5, 0.6) is 0 Å². The molecule has 0 fully saturated rings. The molecule has 0 aliphatic heterocycles. The SMILES string of the molecule is CCOC(=O)c1nc(C#N)cc(CN)c1C(F)F. The lowest BCUT2D eigenvalue weighted by Gasteiger charge is -2.12. The zero-order valence-electron chi connectivity index (χ0n) is 9.61. The minimum absolute atomic E-state index is 0.0135. The number of nitrogens with zero attached hydrogens (tertiary/aromatic N) is 2. The molecule has 96 valence electrons. The summed E-state index contributed by atoms with van der Waals surface area (Å²) < 4.78 is 30.5. The Balaban J connectivity index is 3.45. The summed E-state index contributed by atoms with van der Waals surface area (Å²) in [6.45, 7) is 1.35. The summed E-state index contributed by atoms with van der Waals surface area (Å²) in [4.78, 5) is 15.1. The summed E-state index contributed by atoms with van der Waals surface area (Å²) in [5.74, 6) is -0.986. The second-order valence-electron chi connectivity index (χ2n) is 3.27. The Labute approximate surface area is 102 Å². The minimum Gasteiger partial charge on any atom is -0.461 e. The zero-order valence-corrected chi connectivity index (χ0v) is 9.61. The molecule has 0 aromatic carbocycles. The summed E-state index contributed by atoms with van der Waals surface area (Å²) in [5, 5.41) is 8.73. The Bertz CT molecular complexity index is 498. The lowest BCUT2D eigenvalue weighted by molar-refractivity contribution is 0.0507. The molecule has 0 saturated carbocycles. The maximum absolute atomic E-state index is 12.9. The van der Waals surface area contributed by atoms with Gasteiger partial charge in [0.15, 0.2) is 5.69 Å². The average molecular weight is 255 g/mol. The summed E-state index contributed by atoms with van der Waals surface area (Å²) in [7, 11) is 0. The van der Waals surface area contributed by atoms with Gasteiger partial charge in [0, 0.05) is 6.54 Å². The molecule has 0 bridgehead atoms. The summed E-state index contributed by atoms with van der Waals surface area (Å²) in [6, 6.07) is 2.83. The van der Waals surface area contributed by atoms with Crippen molar-refractivity contribution in [2.45, 2.75) is 19.9 Å². The van der Waals surface area contributed by atoms with Crippen LogP contribution in [0.25, 0.3) is 0 Å². The van der Waals surface area contributed by atoms with Gasteiger partial charge in [-0.2, -0.15) is 5.26 Å². The van der Waals surface area contributed by atoms with E-state index in [4.69, 9.17) is 11.0 Å². The van der Waals surface area contributed by atoms with E-state index in [-0.39, 0.29) is 24.4 Å². The number of nitriles is 1. The average Bonchev–Trinajstić information content (AvgIpc) is 2.36. The standard InChI is InChI=1S/C11H11F2N3O2/c1-2-18-11(17)9-8(10(12)13)6(4-14)3-7(5-15)16-9/h3,10H,2,4,14H2,1H3. The van der Waals surface area contributed by atoms with Gasteiger partial charge in [0.25, 0.3) is 6.43 Å². The number of carbonyl (C=O) groups excluding carboxylic acids is 1. The minimum atomic E-state index is -2.91. The van der Waals surface area contributed by atoms with Crippen molar-refractivity contribution in [1.82, 2.24) is 4.98 Å². The van der Waals surface area contributed by atoms with E-state index in [9.17, 15) is 13.6 Å². The fraction of sp³-hybridized carbons (Fsp3) is 0.364. The Morgan fingerprint density at radius 3 is 2.78 bits per heavy atom. The zero-order chi connectivity index (χ0) is 13.7. The molecule has 1 rings (SSSR count). The summed E-state index contributed by atoms with van der Waals surface area (Å²) in [5.41, 5.74) is 4.07. The van der Waals surface area contributed by atoms with Crippen molar-refractivity contribution in [3.05, 3.63) is 28.6 Å². The number of pyridine rings is 1. The Morgan fingerprint density at radius 2 is 2.33 bits per heavy atom. The molecule has 0 saturated heterocycles. The van der Waals surface area contributed by atoms with Crippen LogP contribution >= 0.6 is 0 Å². The lowest BCUT2D eigenvalue weighted by atomic mass is 10.1. The highest BCUT2D eigenvalue weighted by Gasteiger charge is 2.25. The third kappa shape index (κ3) is 2.78. The van der Waals surface area contributed by atoms with Crippen LogP contribution in [0, 0.1) is 11.3 Å². The molecule has 0 unspecified atom stereocenters. The number of nitrogens with two attached hydrogens (primary N) is 1. The Hall–Kier alpha value is -2.07. The fourth-order valence-electron chi connectivity index (χ4n) is 1.43. The predicted octanol–water partition coefficient (Wildman–Crippen LogP) is 1.53. The van der Waals surface area contributed by atoms with E-state index in [0.717, 1.165) is 6.07 Å². The number of hydrogen-bond donors (Lipinski definition) is 1. The third-order valence-electron chi connectivity index (χ3n) is 2.17. The maximum atomic E-state index is 12.9. The van der Waals surface area contributed by atoms with E-state index in [1.54, 1.807) is 6.07 Å². The second kappa shape index (κ2) is 6.02. The maximum Gasteiger partial charge on any atom is 0.357 e. The van der Waals surface area contributed by atoms with E-state index in [1.807, 2.05) is 0 Å². The van der Waals surface area contributed by atoms with Crippen LogP contribution in [0.3, 0.4) is 0 Å². The molecule has 0 spiro atoms. The normalized spacial score (nSPS) is 10.2. The van der Waals surface area contributed by atoms with Crippen LogP contribution in [0.4, 0.5) is 8.78 Å². The monoisotopic (exact) mass is 255 g/mol. The van der Waals surface area contributed by atoms with E-state index >= 15 is 0 Å². The van der Waals surface area contributed by atoms with Crippen LogP contribution in [0.15, 0.2) is 6.07 Å². The van der Waals surface area contributed by atoms with Crippen molar-refractivity contribution in [2.75, 3.05) is 6.61 Å². The first kappa shape index (κ1) is 14.0. The molecule has 0 atom stereocenters. The molecule has 0 aliphatic carbocycles. The van der Waals surface area contributed by atoms with Gasteiger partial charge in [-0.05, 0) is 18.6 Å². The number of carbonyl (C=O) groups is 1. The topological polar surface area (TPSA) is 89.0 Å². The van der Waals surface area contributed by atoms with Crippen LogP contribution < -0.4 is 5.73 Å². The van der Waals surface area contributed by atoms with Crippen LogP contribution in [-0.2, 0) is 11.3 Å².